The van der Waals surface area contributed by atoms with Crippen molar-refractivity contribution in [2.75, 3.05) is 39.9 Å². The molecule has 4 heterocycles. The summed E-state index contributed by atoms with van der Waals surface area (Å²) in [5.41, 5.74) is 0.892. The maximum absolute atomic E-state index is 13.6. The van der Waals surface area contributed by atoms with Crippen molar-refractivity contribution in [2.24, 2.45) is 10.8 Å². The standard InChI is InChI=1S/C23H34N2O3/c1-5-10-22-13-24-15-23(11-6-2,21(22)26)16-25(14-22)20(24)17-8-9-18(28-7-3)19(12-17)27-4/h8-9,12,20H,5-7,10-11,13-16H2,1-4H3. The quantitative estimate of drug-likeness (QED) is 0.678. The molecule has 0 amide bonds. The average Bonchev–Trinajstić information content (AvgIpc) is 2.67. The van der Waals surface area contributed by atoms with Crippen LogP contribution in [0.4, 0.5) is 0 Å². The zero-order chi connectivity index (χ0) is 19.9. The largest absolute Gasteiger partial charge is 0.493 e. The molecule has 154 valence electrons. The van der Waals surface area contributed by atoms with Crippen molar-refractivity contribution in [3.8, 4) is 11.5 Å². The molecule has 0 spiro atoms. The third-order valence-corrected chi connectivity index (χ3v) is 6.92. The first-order valence-electron chi connectivity index (χ1n) is 10.9. The lowest BCUT2D eigenvalue weighted by atomic mass is 9.57. The fourth-order valence-electron chi connectivity index (χ4n) is 6.23. The summed E-state index contributed by atoms with van der Waals surface area (Å²) in [6, 6.07) is 6.32. The van der Waals surface area contributed by atoms with Crippen LogP contribution in [-0.2, 0) is 4.79 Å². The van der Waals surface area contributed by atoms with Gasteiger partial charge < -0.3 is 9.47 Å². The average molecular weight is 387 g/mol. The Morgan fingerprint density at radius 3 is 2.00 bits per heavy atom. The minimum absolute atomic E-state index is 0.174. The van der Waals surface area contributed by atoms with Crippen LogP contribution in [0, 0.1) is 10.8 Å². The summed E-state index contributed by atoms with van der Waals surface area (Å²) in [5.74, 6) is 2.14. The van der Waals surface area contributed by atoms with E-state index in [1.54, 1.807) is 7.11 Å². The highest BCUT2D eigenvalue weighted by Crippen LogP contribution is 2.55. The lowest BCUT2D eigenvalue weighted by Crippen LogP contribution is -2.76. The summed E-state index contributed by atoms with van der Waals surface area (Å²) >= 11 is 0. The number of ether oxygens (including phenoxy) is 2. The van der Waals surface area contributed by atoms with Gasteiger partial charge in [-0.3, -0.25) is 14.6 Å². The summed E-state index contributed by atoms with van der Waals surface area (Å²) in [6.45, 7) is 10.6. The van der Waals surface area contributed by atoms with E-state index < -0.39 is 0 Å². The van der Waals surface area contributed by atoms with Crippen LogP contribution in [0.5, 0.6) is 11.5 Å². The molecule has 1 aromatic carbocycles. The predicted octanol–water partition coefficient (Wildman–Crippen LogP) is 3.88. The van der Waals surface area contributed by atoms with Crippen LogP contribution in [0.1, 0.15) is 58.2 Å². The molecule has 4 bridgehead atoms. The highest BCUT2D eigenvalue weighted by Gasteiger charge is 2.64. The molecule has 4 aliphatic heterocycles. The van der Waals surface area contributed by atoms with Crippen molar-refractivity contribution >= 4 is 5.78 Å². The lowest BCUT2D eigenvalue weighted by molar-refractivity contribution is -0.205. The first-order valence-corrected chi connectivity index (χ1v) is 10.9. The van der Waals surface area contributed by atoms with Crippen LogP contribution >= 0.6 is 0 Å². The number of hydrogen-bond donors (Lipinski definition) is 0. The summed E-state index contributed by atoms with van der Waals surface area (Å²) < 4.78 is 11.3. The number of hydrogen-bond acceptors (Lipinski definition) is 5. The molecular formula is C23H34N2O3. The van der Waals surface area contributed by atoms with Crippen LogP contribution in [0.25, 0.3) is 0 Å². The monoisotopic (exact) mass is 386 g/mol. The molecule has 5 heteroatoms. The second-order valence-corrected chi connectivity index (χ2v) is 8.92. The van der Waals surface area contributed by atoms with Crippen molar-refractivity contribution in [1.82, 2.24) is 9.80 Å². The SMILES string of the molecule is CCCC12CN3CC(CCC)(CN(C1)C3c1ccc(OCC)c(OC)c1)C2=O. The molecule has 0 atom stereocenters. The van der Waals surface area contributed by atoms with Crippen molar-refractivity contribution in [1.29, 1.82) is 0 Å². The number of benzene rings is 1. The smallest absolute Gasteiger partial charge is 0.161 e. The molecule has 0 N–H and O–H groups in total. The molecule has 0 unspecified atom stereocenters. The zero-order valence-electron chi connectivity index (χ0n) is 17.8. The number of carbonyl (C=O) groups is 1. The van der Waals surface area contributed by atoms with Gasteiger partial charge in [0.05, 0.1) is 30.7 Å². The van der Waals surface area contributed by atoms with Gasteiger partial charge >= 0.3 is 0 Å². The Morgan fingerprint density at radius 1 is 0.964 bits per heavy atom. The maximum Gasteiger partial charge on any atom is 0.161 e. The summed E-state index contributed by atoms with van der Waals surface area (Å²) in [4.78, 5) is 18.7. The second-order valence-electron chi connectivity index (χ2n) is 8.92. The van der Waals surface area contributed by atoms with E-state index in [0.717, 1.165) is 63.4 Å². The van der Waals surface area contributed by atoms with Gasteiger partial charge in [0.15, 0.2) is 11.5 Å². The number of rotatable bonds is 8. The second kappa shape index (κ2) is 7.34. The van der Waals surface area contributed by atoms with Crippen LogP contribution in [0.3, 0.4) is 0 Å². The minimum Gasteiger partial charge on any atom is -0.493 e. The molecule has 28 heavy (non-hydrogen) atoms. The van der Waals surface area contributed by atoms with Gasteiger partial charge in [0.25, 0.3) is 0 Å². The Morgan fingerprint density at radius 2 is 1.54 bits per heavy atom. The number of nitrogens with zero attached hydrogens (tertiary/aromatic N) is 2. The number of ketones is 1. The van der Waals surface area contributed by atoms with E-state index in [1.807, 2.05) is 13.0 Å². The molecule has 5 rings (SSSR count). The normalized spacial score (nSPS) is 36.0. The minimum atomic E-state index is -0.174. The number of Topliss-reactive ketones (excluding diaryl/α,β-unsaturated/α-hetero) is 1. The van der Waals surface area contributed by atoms with Gasteiger partial charge in [-0.1, -0.05) is 32.8 Å². The third kappa shape index (κ3) is 2.86. The molecule has 1 aromatic rings. The van der Waals surface area contributed by atoms with E-state index >= 15 is 0 Å². The van der Waals surface area contributed by atoms with Crippen LogP contribution in [-0.4, -0.2) is 55.5 Å². The molecule has 5 nitrogen and oxygen atoms in total. The highest BCUT2D eigenvalue weighted by atomic mass is 16.5. The zero-order valence-corrected chi connectivity index (χ0v) is 17.8. The predicted molar refractivity (Wildman–Crippen MR) is 110 cm³/mol. The Bertz CT molecular complexity index is 703. The maximum atomic E-state index is 13.6. The van der Waals surface area contributed by atoms with Crippen molar-refractivity contribution in [3.63, 3.8) is 0 Å². The molecule has 0 aromatic heterocycles. The van der Waals surface area contributed by atoms with Gasteiger partial charge in [0.2, 0.25) is 0 Å². The molecule has 0 aliphatic carbocycles. The Balaban J connectivity index is 1.69. The van der Waals surface area contributed by atoms with Gasteiger partial charge in [-0.15, -0.1) is 0 Å². The van der Waals surface area contributed by atoms with Crippen LogP contribution < -0.4 is 9.47 Å². The Kier molecular flexibility index (Phi) is 5.17. The molecule has 4 saturated heterocycles. The van der Waals surface area contributed by atoms with Crippen molar-refractivity contribution in [2.45, 2.75) is 52.6 Å². The Hall–Kier alpha value is -1.59. The molecular weight excluding hydrogens is 352 g/mol. The number of piperidine rings is 2. The number of carbonyl (C=O) groups excluding carboxylic acids is 1. The van der Waals surface area contributed by atoms with E-state index in [0.29, 0.717) is 12.4 Å². The van der Waals surface area contributed by atoms with Gasteiger partial charge in [0.1, 0.15) is 5.78 Å². The first-order chi connectivity index (χ1) is 13.5. The van der Waals surface area contributed by atoms with E-state index in [1.165, 1.54) is 5.56 Å². The van der Waals surface area contributed by atoms with Gasteiger partial charge in [-0.2, -0.15) is 0 Å². The van der Waals surface area contributed by atoms with Gasteiger partial charge in [0, 0.05) is 26.2 Å². The molecule has 4 fully saturated rings. The summed E-state index contributed by atoms with van der Waals surface area (Å²) in [5, 5.41) is 0. The van der Waals surface area contributed by atoms with Gasteiger partial charge in [-0.25, -0.2) is 0 Å². The van der Waals surface area contributed by atoms with E-state index in [-0.39, 0.29) is 17.0 Å². The number of methoxy groups -OCH3 is 1. The van der Waals surface area contributed by atoms with Crippen molar-refractivity contribution in [3.05, 3.63) is 23.8 Å². The van der Waals surface area contributed by atoms with E-state index in [2.05, 4.69) is 35.8 Å². The lowest BCUT2D eigenvalue weighted by Gasteiger charge is -2.66. The fourth-order valence-corrected chi connectivity index (χ4v) is 6.23. The summed E-state index contributed by atoms with van der Waals surface area (Å²) in [7, 11) is 1.70. The molecule has 0 radical (unpaired) electrons. The molecule has 4 aliphatic rings. The van der Waals surface area contributed by atoms with Crippen LogP contribution in [0.15, 0.2) is 18.2 Å². The first kappa shape index (κ1) is 19.7. The fraction of sp³-hybridized carbons (Fsp3) is 0.696. The summed E-state index contributed by atoms with van der Waals surface area (Å²) in [6.07, 6.45) is 4.37. The van der Waals surface area contributed by atoms with E-state index in [9.17, 15) is 4.79 Å². The van der Waals surface area contributed by atoms with Crippen LogP contribution in [0.2, 0.25) is 0 Å². The van der Waals surface area contributed by atoms with Gasteiger partial charge in [-0.05, 0) is 37.5 Å². The Labute approximate surface area is 169 Å². The van der Waals surface area contributed by atoms with E-state index in [4.69, 9.17) is 9.47 Å². The molecule has 0 saturated carbocycles. The van der Waals surface area contributed by atoms with Crippen molar-refractivity contribution < 1.29 is 14.3 Å². The topological polar surface area (TPSA) is 42.0 Å². The third-order valence-electron chi connectivity index (χ3n) is 6.92. The highest BCUT2D eigenvalue weighted by molar-refractivity contribution is 5.93.